The zero-order valence-electron chi connectivity index (χ0n) is 15.9. The van der Waals surface area contributed by atoms with Crippen LogP contribution in [0, 0.1) is 0 Å². The fourth-order valence-electron chi connectivity index (χ4n) is 3.51. The Hall–Kier alpha value is -1.83. The van der Waals surface area contributed by atoms with E-state index in [-0.39, 0.29) is 0 Å². The lowest BCUT2D eigenvalue weighted by Crippen LogP contribution is -2.63. The highest BCUT2D eigenvalue weighted by Gasteiger charge is 2.31. The Morgan fingerprint density at radius 1 is 1.23 bits per heavy atom. The van der Waals surface area contributed by atoms with Crippen molar-refractivity contribution < 1.29 is 9.47 Å². The molecule has 144 valence electrons. The van der Waals surface area contributed by atoms with Gasteiger partial charge >= 0.3 is 0 Å². The number of guanidine groups is 1. The summed E-state index contributed by atoms with van der Waals surface area (Å²) >= 11 is 0. The third kappa shape index (κ3) is 5.33. The molecule has 7 nitrogen and oxygen atoms in total. The summed E-state index contributed by atoms with van der Waals surface area (Å²) < 4.78 is 10.8. The first kappa shape index (κ1) is 18.9. The second kappa shape index (κ2) is 9.75. The van der Waals surface area contributed by atoms with E-state index in [0.717, 1.165) is 36.9 Å². The molecule has 1 unspecified atom stereocenters. The molecule has 1 aromatic carbocycles. The number of aliphatic imine (C=N–C) groups is 1. The lowest BCUT2D eigenvalue weighted by molar-refractivity contribution is 0.0155. The Morgan fingerprint density at radius 3 is 2.77 bits per heavy atom. The summed E-state index contributed by atoms with van der Waals surface area (Å²) in [6.07, 6.45) is 0.881. The van der Waals surface area contributed by atoms with Crippen LogP contribution in [0.2, 0.25) is 0 Å². The molecule has 3 saturated heterocycles. The van der Waals surface area contributed by atoms with Crippen LogP contribution in [-0.2, 0) is 4.74 Å². The average molecular weight is 361 g/mol. The number of nitrogens with zero attached hydrogens (tertiary/aromatic N) is 3. The summed E-state index contributed by atoms with van der Waals surface area (Å²) in [7, 11) is 3.51. The van der Waals surface area contributed by atoms with Crippen LogP contribution < -0.4 is 15.4 Å². The SMILES string of the molecule is CN=C(NCC1CN2CCN1CC2)Nc1cccc(OCCCOC)c1. The molecule has 26 heavy (non-hydrogen) atoms. The Kier molecular flexibility index (Phi) is 7.11. The van der Waals surface area contributed by atoms with Crippen molar-refractivity contribution in [2.45, 2.75) is 12.5 Å². The molecule has 2 bridgehead atoms. The summed E-state index contributed by atoms with van der Waals surface area (Å²) in [4.78, 5) is 9.48. The Balaban J connectivity index is 1.47. The Bertz CT molecular complexity index is 587. The van der Waals surface area contributed by atoms with Gasteiger partial charge in [-0.1, -0.05) is 6.07 Å². The highest BCUT2D eigenvalue weighted by molar-refractivity contribution is 5.93. The van der Waals surface area contributed by atoms with E-state index in [2.05, 4.69) is 25.4 Å². The quantitative estimate of drug-likeness (QED) is 0.411. The number of methoxy groups -OCH3 is 1. The van der Waals surface area contributed by atoms with Crippen LogP contribution in [0.1, 0.15) is 6.42 Å². The van der Waals surface area contributed by atoms with Gasteiger partial charge in [-0.15, -0.1) is 0 Å². The molecule has 0 amide bonds. The van der Waals surface area contributed by atoms with E-state index in [1.165, 1.54) is 26.2 Å². The fraction of sp³-hybridized carbons (Fsp3) is 0.632. The van der Waals surface area contributed by atoms with Crippen molar-refractivity contribution in [1.82, 2.24) is 15.1 Å². The van der Waals surface area contributed by atoms with E-state index in [0.29, 0.717) is 19.3 Å². The molecule has 2 N–H and O–H groups in total. The summed E-state index contributed by atoms with van der Waals surface area (Å²) in [5, 5.41) is 6.82. The van der Waals surface area contributed by atoms with Crippen LogP contribution in [0.15, 0.2) is 29.3 Å². The van der Waals surface area contributed by atoms with Crippen LogP contribution >= 0.6 is 0 Å². The third-order valence-corrected chi connectivity index (χ3v) is 4.98. The number of hydrogen-bond donors (Lipinski definition) is 2. The number of ether oxygens (including phenoxy) is 2. The van der Waals surface area contributed by atoms with Crippen molar-refractivity contribution >= 4 is 11.6 Å². The Labute approximate surface area is 156 Å². The minimum absolute atomic E-state index is 0.562. The monoisotopic (exact) mass is 361 g/mol. The van der Waals surface area contributed by atoms with Crippen molar-refractivity contribution in [2.24, 2.45) is 4.99 Å². The second-order valence-corrected chi connectivity index (χ2v) is 6.79. The molecule has 3 heterocycles. The number of benzene rings is 1. The summed E-state index contributed by atoms with van der Waals surface area (Å²) in [6, 6.07) is 8.53. The molecule has 3 aliphatic heterocycles. The molecule has 1 atom stereocenters. The number of nitrogens with one attached hydrogen (secondary N) is 2. The van der Waals surface area contributed by atoms with Gasteiger partial charge in [0.1, 0.15) is 5.75 Å². The standard InChI is InChI=1S/C19H31N5O2/c1-20-19(21-14-17-15-23-7-9-24(17)10-8-23)22-16-5-3-6-18(13-16)26-12-4-11-25-2/h3,5-6,13,17H,4,7-12,14-15H2,1-2H3,(H2,20,21,22). The maximum absolute atomic E-state index is 5.76. The molecular weight excluding hydrogens is 330 g/mol. The lowest BCUT2D eigenvalue weighted by atomic mass is 10.1. The second-order valence-electron chi connectivity index (χ2n) is 6.79. The molecule has 3 fully saturated rings. The minimum atomic E-state index is 0.562. The minimum Gasteiger partial charge on any atom is -0.493 e. The van der Waals surface area contributed by atoms with Gasteiger partial charge in [-0.2, -0.15) is 0 Å². The number of hydrogen-bond acceptors (Lipinski definition) is 5. The fourth-order valence-corrected chi connectivity index (χ4v) is 3.51. The van der Waals surface area contributed by atoms with Crippen LogP contribution in [0.25, 0.3) is 0 Å². The third-order valence-electron chi connectivity index (χ3n) is 4.98. The van der Waals surface area contributed by atoms with Gasteiger partial charge in [0.2, 0.25) is 0 Å². The smallest absolute Gasteiger partial charge is 0.195 e. The van der Waals surface area contributed by atoms with E-state index >= 15 is 0 Å². The van der Waals surface area contributed by atoms with Gasteiger partial charge in [0.15, 0.2) is 5.96 Å². The molecule has 1 aromatic rings. The van der Waals surface area contributed by atoms with Gasteiger partial charge < -0.3 is 20.1 Å². The van der Waals surface area contributed by atoms with E-state index in [1.54, 1.807) is 14.2 Å². The summed E-state index contributed by atoms with van der Waals surface area (Å²) in [5.41, 5.74) is 0.969. The molecule has 0 saturated carbocycles. The number of anilines is 1. The lowest BCUT2D eigenvalue weighted by Gasteiger charge is -2.47. The zero-order valence-corrected chi connectivity index (χ0v) is 15.9. The number of rotatable bonds is 8. The highest BCUT2D eigenvalue weighted by Crippen LogP contribution is 2.18. The van der Waals surface area contributed by atoms with Crippen LogP contribution in [0.5, 0.6) is 5.75 Å². The molecule has 0 radical (unpaired) electrons. The maximum atomic E-state index is 5.76. The first-order valence-corrected chi connectivity index (χ1v) is 9.44. The van der Waals surface area contributed by atoms with Crippen LogP contribution in [0.4, 0.5) is 5.69 Å². The van der Waals surface area contributed by atoms with E-state index in [1.807, 2.05) is 24.3 Å². The number of piperazine rings is 3. The molecule has 0 spiro atoms. The van der Waals surface area contributed by atoms with Crippen LogP contribution in [-0.4, -0.2) is 88.4 Å². The molecule has 4 rings (SSSR count). The summed E-state index contributed by atoms with van der Waals surface area (Å²) in [5.74, 6) is 1.64. The normalized spacial score (nSPS) is 25.2. The molecule has 0 aliphatic carbocycles. The molecule has 7 heteroatoms. The van der Waals surface area contributed by atoms with Crippen molar-refractivity contribution in [3.8, 4) is 5.75 Å². The zero-order chi connectivity index (χ0) is 18.2. The molecular formula is C19H31N5O2. The topological polar surface area (TPSA) is 61.4 Å². The van der Waals surface area contributed by atoms with Crippen molar-refractivity contribution in [2.75, 3.05) is 72.0 Å². The van der Waals surface area contributed by atoms with E-state index in [4.69, 9.17) is 9.47 Å². The molecule has 0 aromatic heterocycles. The van der Waals surface area contributed by atoms with Gasteiger partial charge in [-0.25, -0.2) is 0 Å². The van der Waals surface area contributed by atoms with Crippen molar-refractivity contribution in [1.29, 1.82) is 0 Å². The highest BCUT2D eigenvalue weighted by atomic mass is 16.5. The van der Waals surface area contributed by atoms with E-state index < -0.39 is 0 Å². The Morgan fingerprint density at radius 2 is 2.08 bits per heavy atom. The van der Waals surface area contributed by atoms with Gasteiger partial charge in [0, 0.05) is 84.2 Å². The van der Waals surface area contributed by atoms with E-state index in [9.17, 15) is 0 Å². The van der Waals surface area contributed by atoms with Gasteiger partial charge in [0.25, 0.3) is 0 Å². The van der Waals surface area contributed by atoms with Gasteiger partial charge in [0.05, 0.1) is 6.61 Å². The summed E-state index contributed by atoms with van der Waals surface area (Å²) in [6.45, 7) is 8.20. The van der Waals surface area contributed by atoms with Gasteiger partial charge in [-0.05, 0) is 12.1 Å². The number of fused-ring (bicyclic) bond motifs is 3. The predicted molar refractivity (Wildman–Crippen MR) is 105 cm³/mol. The average Bonchev–Trinajstić information content (AvgIpc) is 2.70. The van der Waals surface area contributed by atoms with Crippen LogP contribution in [0.3, 0.4) is 0 Å². The first-order valence-electron chi connectivity index (χ1n) is 9.44. The van der Waals surface area contributed by atoms with Crippen molar-refractivity contribution in [3.63, 3.8) is 0 Å². The first-order chi connectivity index (χ1) is 12.8. The molecule has 3 aliphatic rings. The predicted octanol–water partition coefficient (Wildman–Crippen LogP) is 1.09. The maximum Gasteiger partial charge on any atom is 0.195 e. The van der Waals surface area contributed by atoms with Crippen molar-refractivity contribution in [3.05, 3.63) is 24.3 Å². The largest absolute Gasteiger partial charge is 0.493 e. The van der Waals surface area contributed by atoms with Gasteiger partial charge in [-0.3, -0.25) is 14.8 Å².